The van der Waals surface area contributed by atoms with Crippen molar-refractivity contribution in [3.63, 3.8) is 0 Å². The van der Waals surface area contributed by atoms with Crippen LogP contribution in [0.2, 0.25) is 0 Å². The van der Waals surface area contributed by atoms with Crippen molar-refractivity contribution in [1.29, 1.82) is 0 Å². The number of benzene rings is 1. The molecule has 0 spiro atoms. The fraction of sp³-hybridized carbons (Fsp3) is 0.261. The van der Waals surface area contributed by atoms with Gasteiger partial charge in [-0.2, -0.15) is 10.2 Å². The molecule has 8 heteroatoms. The molecule has 8 nitrogen and oxygen atoms in total. The maximum atomic E-state index is 12.7. The first kappa shape index (κ1) is 19.3. The molecule has 1 aliphatic heterocycles. The van der Waals surface area contributed by atoms with Crippen LogP contribution < -0.4 is 4.90 Å². The average molecular weight is 416 g/mol. The summed E-state index contributed by atoms with van der Waals surface area (Å²) in [6, 6.07) is 13.2. The fourth-order valence-electron chi connectivity index (χ4n) is 4.07. The highest BCUT2D eigenvalue weighted by atomic mass is 16.3. The lowest BCUT2D eigenvalue weighted by molar-refractivity contribution is -0.140. The van der Waals surface area contributed by atoms with E-state index in [1.54, 1.807) is 21.7 Å². The molecule has 1 amide bonds. The molecule has 1 saturated heterocycles. The Balaban J connectivity index is 1.29. The van der Waals surface area contributed by atoms with Crippen molar-refractivity contribution < 1.29 is 9.90 Å². The summed E-state index contributed by atoms with van der Waals surface area (Å²) >= 11 is 0. The summed E-state index contributed by atoms with van der Waals surface area (Å²) in [4.78, 5) is 16.7. The SMILES string of the molecule is Cn1cc(-c2ccc3c(N4CCN(C(=O)[C@@H](O)c5ccccc5)CC4)cnn3c2)cn1. The second kappa shape index (κ2) is 7.88. The summed E-state index contributed by atoms with van der Waals surface area (Å²) in [6.45, 7) is 2.51. The number of aromatic nitrogens is 4. The van der Waals surface area contributed by atoms with Crippen LogP contribution in [0.1, 0.15) is 11.7 Å². The number of aliphatic hydroxyl groups excluding tert-OH is 1. The molecule has 31 heavy (non-hydrogen) atoms. The van der Waals surface area contributed by atoms with Crippen LogP contribution in [-0.2, 0) is 11.8 Å². The van der Waals surface area contributed by atoms with Crippen LogP contribution in [0.5, 0.6) is 0 Å². The minimum atomic E-state index is -1.12. The predicted molar refractivity (Wildman–Crippen MR) is 118 cm³/mol. The third-order valence-electron chi connectivity index (χ3n) is 5.82. The van der Waals surface area contributed by atoms with E-state index in [-0.39, 0.29) is 5.91 Å². The molecule has 4 aromatic rings. The second-order valence-corrected chi connectivity index (χ2v) is 7.81. The Hall–Kier alpha value is -3.65. The van der Waals surface area contributed by atoms with E-state index in [0.717, 1.165) is 22.3 Å². The Morgan fingerprint density at radius 1 is 0.935 bits per heavy atom. The molecule has 0 unspecified atom stereocenters. The van der Waals surface area contributed by atoms with Crippen LogP contribution in [0, 0.1) is 0 Å². The number of carbonyl (C=O) groups is 1. The number of piperazine rings is 1. The molecule has 0 radical (unpaired) electrons. The van der Waals surface area contributed by atoms with E-state index in [4.69, 9.17) is 0 Å². The van der Waals surface area contributed by atoms with E-state index in [0.29, 0.717) is 31.7 Å². The Morgan fingerprint density at radius 3 is 2.42 bits per heavy atom. The molecule has 0 bridgehead atoms. The van der Waals surface area contributed by atoms with Gasteiger partial charge < -0.3 is 14.9 Å². The number of aryl methyl sites for hydroxylation is 1. The van der Waals surface area contributed by atoms with Crippen molar-refractivity contribution in [2.45, 2.75) is 6.10 Å². The van der Waals surface area contributed by atoms with E-state index in [2.05, 4.69) is 27.2 Å². The van der Waals surface area contributed by atoms with Gasteiger partial charge in [-0.25, -0.2) is 4.52 Å². The van der Waals surface area contributed by atoms with Gasteiger partial charge in [0.2, 0.25) is 0 Å². The zero-order chi connectivity index (χ0) is 21.4. The van der Waals surface area contributed by atoms with Crippen molar-refractivity contribution in [2.24, 2.45) is 7.05 Å². The molecule has 1 atom stereocenters. The average Bonchev–Trinajstić information content (AvgIpc) is 3.44. The van der Waals surface area contributed by atoms with Gasteiger partial charge in [-0.05, 0) is 11.6 Å². The topological polar surface area (TPSA) is 78.9 Å². The first-order chi connectivity index (χ1) is 15.1. The normalized spacial score (nSPS) is 15.4. The molecule has 0 aliphatic carbocycles. The highest BCUT2D eigenvalue weighted by Crippen LogP contribution is 2.27. The third kappa shape index (κ3) is 3.66. The summed E-state index contributed by atoms with van der Waals surface area (Å²) < 4.78 is 3.66. The van der Waals surface area contributed by atoms with Gasteiger partial charge in [0.25, 0.3) is 5.91 Å². The number of anilines is 1. The number of amides is 1. The summed E-state index contributed by atoms with van der Waals surface area (Å²) in [5.41, 5.74) is 4.80. The Bertz CT molecular complexity index is 1210. The lowest BCUT2D eigenvalue weighted by Gasteiger charge is -2.36. The lowest BCUT2D eigenvalue weighted by atomic mass is 10.1. The molecular weight excluding hydrogens is 392 g/mol. The maximum absolute atomic E-state index is 12.7. The summed E-state index contributed by atoms with van der Waals surface area (Å²) in [5.74, 6) is -0.244. The second-order valence-electron chi connectivity index (χ2n) is 7.81. The quantitative estimate of drug-likeness (QED) is 0.551. The van der Waals surface area contributed by atoms with E-state index in [9.17, 15) is 9.90 Å². The van der Waals surface area contributed by atoms with Gasteiger partial charge in [0.1, 0.15) is 0 Å². The summed E-state index contributed by atoms with van der Waals surface area (Å²) in [7, 11) is 1.90. The number of carbonyl (C=O) groups excluding carboxylic acids is 1. The first-order valence-corrected chi connectivity index (χ1v) is 10.3. The van der Waals surface area contributed by atoms with Gasteiger partial charge in [-0.1, -0.05) is 36.4 Å². The number of hydrogen-bond acceptors (Lipinski definition) is 5. The highest BCUT2D eigenvalue weighted by Gasteiger charge is 2.28. The molecule has 4 heterocycles. The highest BCUT2D eigenvalue weighted by molar-refractivity contribution is 5.82. The van der Waals surface area contributed by atoms with Crippen LogP contribution in [0.3, 0.4) is 0 Å². The van der Waals surface area contributed by atoms with Crippen molar-refractivity contribution in [3.8, 4) is 11.1 Å². The standard InChI is InChI=1S/C23H24N6O2/c1-26-15-19(13-24-26)18-7-8-20-21(14-25-29(20)16-18)27-9-11-28(12-10-27)23(31)22(30)17-5-3-2-4-6-17/h2-8,13-16,22,30H,9-12H2,1H3/t22-/m0/s1. The van der Waals surface area contributed by atoms with Crippen molar-refractivity contribution >= 4 is 17.1 Å². The molecule has 5 rings (SSSR count). The van der Waals surface area contributed by atoms with Crippen LogP contribution in [0.15, 0.2) is 67.3 Å². The van der Waals surface area contributed by atoms with Gasteiger partial charge >= 0.3 is 0 Å². The number of pyridine rings is 1. The molecule has 3 aromatic heterocycles. The predicted octanol–water partition coefficient (Wildman–Crippen LogP) is 2.12. The monoisotopic (exact) mass is 416 g/mol. The smallest absolute Gasteiger partial charge is 0.256 e. The summed E-state index contributed by atoms with van der Waals surface area (Å²) in [6.07, 6.45) is 6.58. The molecule has 158 valence electrons. The van der Waals surface area contributed by atoms with E-state index in [1.165, 1.54) is 0 Å². The first-order valence-electron chi connectivity index (χ1n) is 10.3. The van der Waals surface area contributed by atoms with E-state index >= 15 is 0 Å². The minimum absolute atomic E-state index is 0.244. The lowest BCUT2D eigenvalue weighted by Crippen LogP contribution is -2.50. The Morgan fingerprint density at radius 2 is 1.71 bits per heavy atom. The molecule has 1 aliphatic rings. The fourth-order valence-corrected chi connectivity index (χ4v) is 4.07. The number of nitrogens with zero attached hydrogens (tertiary/aromatic N) is 6. The molecule has 1 aromatic carbocycles. The van der Waals surface area contributed by atoms with Crippen molar-refractivity contribution in [2.75, 3.05) is 31.1 Å². The van der Waals surface area contributed by atoms with Crippen molar-refractivity contribution in [3.05, 3.63) is 72.8 Å². The zero-order valence-electron chi connectivity index (χ0n) is 17.3. The van der Waals surface area contributed by atoms with Gasteiger partial charge in [0.05, 0.1) is 23.6 Å². The Kier molecular flexibility index (Phi) is 4.91. The number of aliphatic hydroxyl groups is 1. The number of fused-ring (bicyclic) bond motifs is 1. The summed E-state index contributed by atoms with van der Waals surface area (Å²) in [5, 5.41) is 19.2. The molecule has 1 fully saturated rings. The van der Waals surface area contributed by atoms with Crippen LogP contribution in [0.4, 0.5) is 5.69 Å². The van der Waals surface area contributed by atoms with Crippen LogP contribution >= 0.6 is 0 Å². The van der Waals surface area contributed by atoms with Gasteiger partial charge in [0.15, 0.2) is 6.10 Å². The zero-order valence-corrected chi connectivity index (χ0v) is 17.3. The third-order valence-corrected chi connectivity index (χ3v) is 5.82. The molecule has 1 N–H and O–H groups in total. The molecular formula is C23H24N6O2. The number of hydrogen-bond donors (Lipinski definition) is 1. The molecule has 0 saturated carbocycles. The maximum Gasteiger partial charge on any atom is 0.256 e. The van der Waals surface area contributed by atoms with Gasteiger partial charge in [-0.3, -0.25) is 9.48 Å². The van der Waals surface area contributed by atoms with E-state index in [1.807, 2.05) is 54.5 Å². The van der Waals surface area contributed by atoms with Crippen molar-refractivity contribution in [1.82, 2.24) is 24.3 Å². The van der Waals surface area contributed by atoms with Crippen LogP contribution in [-0.4, -0.2) is 61.5 Å². The largest absolute Gasteiger partial charge is 0.378 e. The van der Waals surface area contributed by atoms with E-state index < -0.39 is 6.10 Å². The minimum Gasteiger partial charge on any atom is -0.378 e. The Labute approximate surface area is 179 Å². The van der Waals surface area contributed by atoms with Gasteiger partial charge in [-0.15, -0.1) is 0 Å². The van der Waals surface area contributed by atoms with Gasteiger partial charge in [0, 0.05) is 56.7 Å². The number of rotatable bonds is 4. The van der Waals surface area contributed by atoms with Crippen LogP contribution in [0.25, 0.3) is 16.6 Å².